The van der Waals surface area contributed by atoms with Gasteiger partial charge in [-0.1, -0.05) is 23.2 Å². The van der Waals surface area contributed by atoms with Crippen molar-refractivity contribution in [1.29, 1.82) is 0 Å². The van der Waals surface area contributed by atoms with Gasteiger partial charge >= 0.3 is 6.61 Å². The van der Waals surface area contributed by atoms with E-state index < -0.39 is 13.2 Å². The van der Waals surface area contributed by atoms with Gasteiger partial charge in [0.05, 0.1) is 11.6 Å². The van der Waals surface area contributed by atoms with Gasteiger partial charge in [-0.3, -0.25) is 0 Å². The molecule has 0 unspecified atom stereocenters. The fourth-order valence-electron chi connectivity index (χ4n) is 0.939. The van der Waals surface area contributed by atoms with E-state index in [9.17, 15) is 8.78 Å². The minimum atomic E-state index is -3.00. The van der Waals surface area contributed by atoms with Crippen LogP contribution in [0.3, 0.4) is 0 Å². The van der Waals surface area contributed by atoms with Crippen LogP contribution in [0, 0.1) is 0 Å². The van der Waals surface area contributed by atoms with Gasteiger partial charge in [0, 0.05) is 10.6 Å². The summed E-state index contributed by atoms with van der Waals surface area (Å²) in [7, 11) is 0. The van der Waals surface area contributed by atoms with Crippen molar-refractivity contribution < 1.29 is 18.6 Å². The van der Waals surface area contributed by atoms with Crippen LogP contribution >= 0.6 is 23.2 Å². The van der Waals surface area contributed by atoms with Crippen molar-refractivity contribution in [3.63, 3.8) is 0 Å². The van der Waals surface area contributed by atoms with E-state index in [1.165, 1.54) is 12.1 Å². The molecule has 0 saturated heterocycles. The largest absolute Gasteiger partial charge is 0.433 e. The van der Waals surface area contributed by atoms with Crippen LogP contribution in [0.15, 0.2) is 12.1 Å². The first-order chi connectivity index (χ1) is 6.56. The highest BCUT2D eigenvalue weighted by Crippen LogP contribution is 2.34. The Morgan fingerprint density at radius 3 is 2.36 bits per heavy atom. The van der Waals surface area contributed by atoms with Gasteiger partial charge in [0.15, 0.2) is 5.75 Å². The van der Waals surface area contributed by atoms with Crippen molar-refractivity contribution in [2.75, 3.05) is 0 Å². The molecule has 0 atom stereocenters. The van der Waals surface area contributed by atoms with E-state index >= 15 is 0 Å². The van der Waals surface area contributed by atoms with Gasteiger partial charge in [-0.15, -0.1) is 0 Å². The number of aliphatic hydroxyl groups is 1. The topological polar surface area (TPSA) is 29.5 Å². The average molecular weight is 243 g/mol. The van der Waals surface area contributed by atoms with Crippen LogP contribution in [-0.2, 0) is 6.61 Å². The number of benzene rings is 1. The molecule has 1 rings (SSSR count). The summed E-state index contributed by atoms with van der Waals surface area (Å²) < 4.78 is 28.0. The molecule has 1 aromatic rings. The predicted octanol–water partition coefficient (Wildman–Crippen LogP) is 3.09. The monoisotopic (exact) mass is 242 g/mol. The summed E-state index contributed by atoms with van der Waals surface area (Å²) in [6.07, 6.45) is 0. The zero-order valence-electron chi connectivity index (χ0n) is 6.81. The van der Waals surface area contributed by atoms with E-state index in [1.807, 2.05) is 0 Å². The van der Waals surface area contributed by atoms with Crippen LogP contribution in [0.4, 0.5) is 8.78 Å². The summed E-state index contributed by atoms with van der Waals surface area (Å²) in [5, 5.41) is 8.99. The maximum atomic E-state index is 11.9. The normalized spacial score (nSPS) is 10.7. The molecule has 0 aromatic heterocycles. The summed E-state index contributed by atoms with van der Waals surface area (Å²) in [5.41, 5.74) is 0.0551. The van der Waals surface area contributed by atoms with Crippen molar-refractivity contribution in [3.05, 3.63) is 27.7 Å². The van der Waals surface area contributed by atoms with Crippen LogP contribution < -0.4 is 4.74 Å². The van der Waals surface area contributed by atoms with Crippen LogP contribution in [0.1, 0.15) is 5.56 Å². The smallest absolute Gasteiger partial charge is 0.387 e. The summed E-state index contributed by atoms with van der Waals surface area (Å²) in [4.78, 5) is 0. The van der Waals surface area contributed by atoms with Gasteiger partial charge in [0.2, 0.25) is 0 Å². The highest BCUT2D eigenvalue weighted by Gasteiger charge is 2.15. The lowest BCUT2D eigenvalue weighted by Gasteiger charge is -2.11. The summed E-state index contributed by atoms with van der Waals surface area (Å²) in [5.74, 6) is -0.281. The fraction of sp³-hybridized carbons (Fsp3) is 0.250. The molecule has 6 heteroatoms. The fourth-order valence-corrected chi connectivity index (χ4v) is 1.37. The maximum absolute atomic E-state index is 11.9. The molecule has 0 saturated carbocycles. The Kier molecular flexibility index (Phi) is 3.92. The number of rotatable bonds is 3. The third-order valence-electron chi connectivity index (χ3n) is 1.52. The van der Waals surface area contributed by atoms with Gasteiger partial charge in [0.25, 0.3) is 0 Å². The predicted molar refractivity (Wildman–Crippen MR) is 49.0 cm³/mol. The van der Waals surface area contributed by atoms with Crippen LogP contribution in [-0.4, -0.2) is 11.7 Å². The van der Waals surface area contributed by atoms with Crippen molar-refractivity contribution >= 4 is 23.2 Å². The number of hydrogen-bond acceptors (Lipinski definition) is 2. The Morgan fingerprint density at radius 2 is 1.86 bits per heavy atom. The Hall–Kier alpha value is -0.580. The summed E-state index contributed by atoms with van der Waals surface area (Å²) in [6, 6.07) is 2.72. The zero-order valence-corrected chi connectivity index (χ0v) is 8.32. The quantitative estimate of drug-likeness (QED) is 0.883. The van der Waals surface area contributed by atoms with Gasteiger partial charge in [0.1, 0.15) is 0 Å². The van der Waals surface area contributed by atoms with Crippen molar-refractivity contribution in [2.45, 2.75) is 13.2 Å². The zero-order chi connectivity index (χ0) is 10.7. The minimum absolute atomic E-state index is 0.0150. The average Bonchev–Trinajstić information content (AvgIpc) is 2.11. The molecule has 0 amide bonds. The third kappa shape index (κ3) is 2.47. The van der Waals surface area contributed by atoms with E-state index in [0.717, 1.165) is 0 Å². The van der Waals surface area contributed by atoms with Gasteiger partial charge in [-0.25, -0.2) is 0 Å². The summed E-state index contributed by atoms with van der Waals surface area (Å²) in [6.45, 7) is -3.52. The van der Waals surface area contributed by atoms with E-state index in [4.69, 9.17) is 28.3 Å². The number of hydrogen-bond donors (Lipinski definition) is 1. The number of alkyl halides is 2. The Labute approximate surface area is 89.0 Å². The molecule has 14 heavy (non-hydrogen) atoms. The molecular weight excluding hydrogens is 237 g/mol. The maximum Gasteiger partial charge on any atom is 0.387 e. The lowest BCUT2D eigenvalue weighted by molar-refractivity contribution is -0.0508. The Morgan fingerprint density at radius 1 is 1.29 bits per heavy atom. The lowest BCUT2D eigenvalue weighted by Crippen LogP contribution is -2.05. The van der Waals surface area contributed by atoms with Crippen molar-refractivity contribution in [3.8, 4) is 5.75 Å². The van der Waals surface area contributed by atoms with Gasteiger partial charge in [-0.05, 0) is 12.1 Å². The second kappa shape index (κ2) is 4.77. The SMILES string of the molecule is OCc1c(Cl)ccc(Cl)c1OC(F)F. The Bertz CT molecular complexity index is 331. The first kappa shape index (κ1) is 11.5. The van der Waals surface area contributed by atoms with Crippen LogP contribution in [0.2, 0.25) is 10.0 Å². The van der Waals surface area contributed by atoms with Crippen LogP contribution in [0.25, 0.3) is 0 Å². The standard InChI is InChI=1S/C8H6Cl2F2O2/c9-5-1-2-6(10)7(4(5)3-13)14-8(11)12/h1-2,8,13H,3H2. The Balaban J connectivity index is 3.16. The molecule has 0 aliphatic rings. The van der Waals surface area contributed by atoms with Crippen molar-refractivity contribution in [1.82, 2.24) is 0 Å². The first-order valence-corrected chi connectivity index (χ1v) is 4.34. The number of ether oxygens (including phenoxy) is 1. The second-order valence-corrected chi connectivity index (χ2v) is 3.19. The van der Waals surface area contributed by atoms with Gasteiger partial charge in [-0.2, -0.15) is 8.78 Å². The molecule has 78 valence electrons. The van der Waals surface area contributed by atoms with E-state index in [2.05, 4.69) is 4.74 Å². The molecule has 0 fully saturated rings. The second-order valence-electron chi connectivity index (χ2n) is 2.37. The first-order valence-electron chi connectivity index (χ1n) is 3.58. The molecule has 0 bridgehead atoms. The molecule has 2 nitrogen and oxygen atoms in total. The molecule has 0 radical (unpaired) electrons. The van der Waals surface area contributed by atoms with E-state index in [0.29, 0.717) is 0 Å². The molecule has 0 spiro atoms. The van der Waals surface area contributed by atoms with Gasteiger partial charge < -0.3 is 9.84 Å². The highest BCUT2D eigenvalue weighted by molar-refractivity contribution is 6.34. The third-order valence-corrected chi connectivity index (χ3v) is 2.17. The number of halogens is 4. The molecule has 0 aliphatic carbocycles. The van der Waals surface area contributed by atoms with E-state index in [1.54, 1.807) is 0 Å². The van der Waals surface area contributed by atoms with Crippen molar-refractivity contribution in [2.24, 2.45) is 0 Å². The summed E-state index contributed by atoms with van der Waals surface area (Å²) >= 11 is 11.2. The molecule has 1 aromatic carbocycles. The number of aliphatic hydroxyl groups excluding tert-OH is 1. The molecule has 1 N–H and O–H groups in total. The lowest BCUT2D eigenvalue weighted by atomic mass is 10.2. The van der Waals surface area contributed by atoms with E-state index in [-0.39, 0.29) is 21.4 Å². The van der Waals surface area contributed by atoms with Crippen LogP contribution in [0.5, 0.6) is 5.75 Å². The molecule has 0 heterocycles. The highest BCUT2D eigenvalue weighted by atomic mass is 35.5. The molecule has 0 aliphatic heterocycles. The minimum Gasteiger partial charge on any atom is -0.433 e. The molecular formula is C8H6Cl2F2O2.